The van der Waals surface area contributed by atoms with Crippen molar-refractivity contribution < 1.29 is 0 Å². The van der Waals surface area contributed by atoms with E-state index in [1.165, 1.54) is 0 Å². The molecular weight excluding hydrogens is 160 g/mol. The fourth-order valence-electron chi connectivity index (χ4n) is 1.13. The molecule has 13 heavy (non-hydrogen) atoms. The lowest BCUT2D eigenvalue weighted by Gasteiger charge is -2.03. The highest BCUT2D eigenvalue weighted by molar-refractivity contribution is 5.75. The summed E-state index contributed by atoms with van der Waals surface area (Å²) in [6.45, 7) is 9.14. The number of hydrogen-bond acceptors (Lipinski definition) is 2. The predicted molar refractivity (Wildman–Crippen MR) is 56.7 cm³/mol. The molecule has 0 unspecified atom stereocenters. The average molecular weight is 172 g/mol. The summed E-state index contributed by atoms with van der Waals surface area (Å²) in [6, 6.07) is 1.94. The molecule has 0 saturated heterocycles. The van der Waals surface area contributed by atoms with Gasteiger partial charge in [0.05, 0.1) is 0 Å². The van der Waals surface area contributed by atoms with E-state index in [4.69, 9.17) is 0 Å². The Hall–Kier alpha value is -1.70. The molecule has 0 aliphatic rings. The molecule has 0 aliphatic heterocycles. The van der Waals surface area contributed by atoms with Crippen LogP contribution in [0.5, 0.6) is 0 Å². The maximum absolute atomic E-state index is 4.01. The number of hydrogen-bond donors (Lipinski definition) is 0. The van der Waals surface area contributed by atoms with E-state index in [-0.39, 0.29) is 0 Å². The standard InChI is InChI=1S/C11H12N2/c1-4-10(8-12-3)11-5-6-13-7-9(11)2/h4-8H,1,3H2,2H3/b10-8+. The van der Waals surface area contributed by atoms with Gasteiger partial charge >= 0.3 is 0 Å². The molecule has 0 fully saturated rings. The third-order valence-electron chi connectivity index (χ3n) is 1.78. The van der Waals surface area contributed by atoms with Gasteiger partial charge in [0.2, 0.25) is 0 Å². The summed E-state index contributed by atoms with van der Waals surface area (Å²) < 4.78 is 0. The molecule has 66 valence electrons. The van der Waals surface area contributed by atoms with Crippen LogP contribution in [0, 0.1) is 6.92 Å². The first-order valence-electron chi connectivity index (χ1n) is 3.99. The first-order chi connectivity index (χ1) is 6.29. The van der Waals surface area contributed by atoms with Gasteiger partial charge in [0.15, 0.2) is 0 Å². The summed E-state index contributed by atoms with van der Waals surface area (Å²) in [5.74, 6) is 0. The zero-order valence-corrected chi connectivity index (χ0v) is 7.70. The number of aryl methyl sites for hydroxylation is 1. The molecule has 1 rings (SSSR count). The fourth-order valence-corrected chi connectivity index (χ4v) is 1.13. The van der Waals surface area contributed by atoms with E-state index in [2.05, 4.69) is 23.3 Å². The molecule has 2 nitrogen and oxygen atoms in total. The highest BCUT2D eigenvalue weighted by atomic mass is 14.6. The molecule has 0 bridgehead atoms. The van der Waals surface area contributed by atoms with Gasteiger partial charge in [0.1, 0.15) is 0 Å². The number of rotatable bonds is 3. The van der Waals surface area contributed by atoms with Gasteiger partial charge in [-0.15, -0.1) is 0 Å². The van der Waals surface area contributed by atoms with Crippen molar-refractivity contribution in [1.29, 1.82) is 0 Å². The summed E-state index contributed by atoms with van der Waals surface area (Å²) in [5, 5.41) is 0. The summed E-state index contributed by atoms with van der Waals surface area (Å²) in [5.41, 5.74) is 3.17. The lowest BCUT2D eigenvalue weighted by Crippen LogP contribution is -1.86. The quantitative estimate of drug-likeness (QED) is 0.508. The number of pyridine rings is 1. The number of aromatic nitrogens is 1. The molecule has 0 spiro atoms. The summed E-state index contributed by atoms with van der Waals surface area (Å²) in [6.07, 6.45) is 7.02. The molecule has 0 aromatic carbocycles. The van der Waals surface area contributed by atoms with Gasteiger partial charge in [0.25, 0.3) is 0 Å². The second kappa shape index (κ2) is 4.36. The van der Waals surface area contributed by atoms with Crippen LogP contribution in [-0.4, -0.2) is 11.7 Å². The third-order valence-corrected chi connectivity index (χ3v) is 1.78. The highest BCUT2D eigenvalue weighted by Gasteiger charge is 1.99. The molecule has 0 saturated carbocycles. The zero-order valence-electron chi connectivity index (χ0n) is 7.70. The van der Waals surface area contributed by atoms with Crippen LogP contribution in [0.25, 0.3) is 5.57 Å². The van der Waals surface area contributed by atoms with Crippen LogP contribution in [-0.2, 0) is 0 Å². The van der Waals surface area contributed by atoms with E-state index >= 15 is 0 Å². The van der Waals surface area contributed by atoms with Crippen molar-refractivity contribution in [3.05, 3.63) is 48.4 Å². The molecule has 2 heteroatoms. The van der Waals surface area contributed by atoms with Crippen molar-refractivity contribution in [2.24, 2.45) is 4.99 Å². The van der Waals surface area contributed by atoms with Gasteiger partial charge in [-0.1, -0.05) is 12.7 Å². The van der Waals surface area contributed by atoms with Crippen LogP contribution in [0.4, 0.5) is 0 Å². The van der Waals surface area contributed by atoms with Gasteiger partial charge in [-0.25, -0.2) is 0 Å². The molecule has 1 aromatic rings. The molecule has 0 N–H and O–H groups in total. The largest absolute Gasteiger partial charge is 0.272 e. The Kier molecular flexibility index (Phi) is 3.15. The van der Waals surface area contributed by atoms with Crippen LogP contribution in [0.3, 0.4) is 0 Å². The summed E-state index contributed by atoms with van der Waals surface area (Å²) in [7, 11) is 0. The van der Waals surface area contributed by atoms with Crippen LogP contribution >= 0.6 is 0 Å². The first-order valence-corrected chi connectivity index (χ1v) is 3.99. The minimum atomic E-state index is 0.968. The van der Waals surface area contributed by atoms with Crippen LogP contribution in [0.15, 0.2) is 42.3 Å². The van der Waals surface area contributed by atoms with Crippen LogP contribution in [0.2, 0.25) is 0 Å². The van der Waals surface area contributed by atoms with Crippen LogP contribution in [0.1, 0.15) is 11.1 Å². The molecule has 1 heterocycles. The Labute approximate surface area is 78.4 Å². The van der Waals surface area contributed by atoms with E-state index < -0.39 is 0 Å². The Morgan fingerprint density at radius 2 is 2.38 bits per heavy atom. The number of allylic oxidation sites excluding steroid dienone is 2. The normalized spacial score (nSPS) is 11.0. The average Bonchev–Trinajstić information content (AvgIpc) is 2.16. The van der Waals surface area contributed by atoms with Crippen molar-refractivity contribution in [3.8, 4) is 0 Å². The van der Waals surface area contributed by atoms with Crippen molar-refractivity contribution in [2.75, 3.05) is 0 Å². The van der Waals surface area contributed by atoms with Gasteiger partial charge < -0.3 is 0 Å². The Morgan fingerprint density at radius 1 is 1.62 bits per heavy atom. The van der Waals surface area contributed by atoms with E-state index in [1.807, 2.05) is 19.2 Å². The maximum Gasteiger partial charge on any atom is 0.0338 e. The van der Waals surface area contributed by atoms with Crippen LogP contribution < -0.4 is 0 Å². The number of nitrogens with zero attached hydrogens (tertiary/aromatic N) is 2. The SMILES string of the molecule is C=C/C(=C\N=C)c1ccncc1C. The van der Waals surface area contributed by atoms with Gasteiger partial charge in [-0.05, 0) is 36.4 Å². The Balaban J connectivity index is 3.19. The predicted octanol–water partition coefficient (Wildman–Crippen LogP) is 2.62. The smallest absolute Gasteiger partial charge is 0.0338 e. The van der Waals surface area contributed by atoms with Gasteiger partial charge in [-0.2, -0.15) is 0 Å². The fraction of sp³-hybridized carbons (Fsp3) is 0.0909. The first kappa shape index (κ1) is 9.39. The Morgan fingerprint density at radius 3 is 2.92 bits per heavy atom. The Bertz CT molecular complexity index is 351. The lowest BCUT2D eigenvalue weighted by atomic mass is 10.0. The zero-order chi connectivity index (χ0) is 9.68. The topological polar surface area (TPSA) is 25.2 Å². The van der Waals surface area contributed by atoms with E-state index in [1.54, 1.807) is 18.5 Å². The van der Waals surface area contributed by atoms with Gasteiger partial charge in [-0.3, -0.25) is 9.98 Å². The van der Waals surface area contributed by atoms with Crippen molar-refractivity contribution in [1.82, 2.24) is 4.98 Å². The van der Waals surface area contributed by atoms with Crippen molar-refractivity contribution in [2.45, 2.75) is 6.92 Å². The second-order valence-corrected chi connectivity index (χ2v) is 2.66. The highest BCUT2D eigenvalue weighted by Crippen LogP contribution is 2.18. The van der Waals surface area contributed by atoms with E-state index in [0.717, 1.165) is 16.7 Å². The van der Waals surface area contributed by atoms with E-state index in [9.17, 15) is 0 Å². The minimum Gasteiger partial charge on any atom is -0.272 e. The maximum atomic E-state index is 4.01. The molecule has 1 aromatic heterocycles. The summed E-state index contributed by atoms with van der Waals surface area (Å²) >= 11 is 0. The number of aliphatic imine (C=N–C) groups is 1. The molecule has 0 atom stereocenters. The van der Waals surface area contributed by atoms with Crippen molar-refractivity contribution in [3.63, 3.8) is 0 Å². The molecule has 0 radical (unpaired) electrons. The van der Waals surface area contributed by atoms with Crippen molar-refractivity contribution >= 4 is 12.3 Å². The molecule has 0 amide bonds. The monoisotopic (exact) mass is 172 g/mol. The minimum absolute atomic E-state index is 0.968. The molecular formula is C11H12N2. The van der Waals surface area contributed by atoms with Gasteiger partial charge in [0, 0.05) is 18.6 Å². The third kappa shape index (κ3) is 2.12. The molecule has 0 aliphatic carbocycles. The lowest BCUT2D eigenvalue weighted by molar-refractivity contribution is 1.25. The van der Waals surface area contributed by atoms with E-state index in [0.29, 0.717) is 0 Å². The summed E-state index contributed by atoms with van der Waals surface area (Å²) in [4.78, 5) is 7.73. The second-order valence-electron chi connectivity index (χ2n) is 2.66.